The van der Waals surface area contributed by atoms with Crippen LogP contribution in [0.5, 0.6) is 0 Å². The normalized spacial score (nSPS) is 15.9. The number of thiophene rings is 1. The monoisotopic (exact) mass is 292 g/mol. The molecule has 1 saturated heterocycles. The first-order valence-corrected chi connectivity index (χ1v) is 7.73. The van der Waals surface area contributed by atoms with Gasteiger partial charge in [-0.3, -0.25) is 4.79 Å². The van der Waals surface area contributed by atoms with Crippen LogP contribution in [-0.4, -0.2) is 26.0 Å². The lowest BCUT2D eigenvalue weighted by Crippen LogP contribution is -2.34. The van der Waals surface area contributed by atoms with E-state index in [1.165, 1.54) is 17.8 Å². The van der Waals surface area contributed by atoms with Crippen molar-refractivity contribution in [1.82, 2.24) is 5.32 Å². The van der Waals surface area contributed by atoms with E-state index in [1.54, 1.807) is 7.05 Å². The molecule has 0 saturated carbocycles. The van der Waals surface area contributed by atoms with Crippen LogP contribution < -0.4 is 16.0 Å². The van der Waals surface area contributed by atoms with Gasteiger partial charge in [-0.25, -0.2) is 0 Å². The molecule has 0 atom stereocenters. The zero-order chi connectivity index (χ0) is 14.7. The molecule has 5 nitrogen and oxygen atoms in total. The topological polar surface area (TPSA) is 82.2 Å². The van der Waals surface area contributed by atoms with Crippen molar-refractivity contribution in [3.63, 3.8) is 0 Å². The Hall–Kier alpha value is -1.74. The molecule has 0 radical (unpaired) electrons. The number of nitriles is 1. The van der Waals surface area contributed by atoms with E-state index >= 15 is 0 Å². The molecular weight excluding hydrogens is 272 g/mol. The number of carbonyl (C=O) groups excluding carboxylic acids is 1. The number of hydrogen-bond donors (Lipinski definition) is 2. The summed E-state index contributed by atoms with van der Waals surface area (Å²) in [5.74, 6) is 0.551. The fraction of sp³-hybridized carbons (Fsp3) is 0.571. The van der Waals surface area contributed by atoms with E-state index in [2.05, 4.69) is 23.2 Å². The molecule has 1 amide bonds. The lowest BCUT2D eigenvalue weighted by atomic mass is 9.94. The Labute approximate surface area is 123 Å². The first-order chi connectivity index (χ1) is 9.62. The number of nitrogens with two attached hydrogens (primary N) is 1. The van der Waals surface area contributed by atoms with E-state index in [0.717, 1.165) is 36.9 Å². The first kappa shape index (κ1) is 14.7. The third-order valence-electron chi connectivity index (χ3n) is 3.96. The molecule has 0 spiro atoms. The molecule has 0 aliphatic carbocycles. The number of anilines is 2. The summed E-state index contributed by atoms with van der Waals surface area (Å²) in [6.45, 7) is 4.06. The summed E-state index contributed by atoms with van der Waals surface area (Å²) in [6, 6.07) is 2.08. The van der Waals surface area contributed by atoms with E-state index in [9.17, 15) is 4.79 Å². The molecule has 1 aliphatic rings. The number of nitrogens with one attached hydrogen (secondary N) is 1. The van der Waals surface area contributed by atoms with E-state index < -0.39 is 0 Å². The van der Waals surface area contributed by atoms with Gasteiger partial charge < -0.3 is 16.0 Å². The highest BCUT2D eigenvalue weighted by molar-refractivity contribution is 7.17. The molecule has 20 heavy (non-hydrogen) atoms. The van der Waals surface area contributed by atoms with Gasteiger partial charge in [0.05, 0.1) is 11.3 Å². The average Bonchev–Trinajstić information content (AvgIpc) is 2.83. The molecule has 0 aromatic carbocycles. The summed E-state index contributed by atoms with van der Waals surface area (Å²) < 4.78 is 0. The molecule has 2 heterocycles. The molecule has 1 fully saturated rings. The molecule has 1 aromatic rings. The van der Waals surface area contributed by atoms with Gasteiger partial charge in [0.15, 0.2) is 0 Å². The quantitative estimate of drug-likeness (QED) is 0.894. The second-order valence-electron chi connectivity index (χ2n) is 5.05. The molecule has 6 heteroatoms. The SMILES string of the molecule is CCC1CCN(c2sc(C#N)c(N)c2C(=O)NC)CC1. The van der Waals surface area contributed by atoms with Crippen molar-refractivity contribution < 1.29 is 4.79 Å². The highest BCUT2D eigenvalue weighted by atomic mass is 32.1. The van der Waals surface area contributed by atoms with Crippen molar-refractivity contribution in [2.24, 2.45) is 5.92 Å². The Morgan fingerprint density at radius 2 is 2.20 bits per heavy atom. The van der Waals surface area contributed by atoms with Gasteiger partial charge in [0.1, 0.15) is 15.9 Å². The highest BCUT2D eigenvalue weighted by Gasteiger charge is 2.27. The van der Waals surface area contributed by atoms with Crippen molar-refractivity contribution in [1.29, 1.82) is 5.26 Å². The largest absolute Gasteiger partial charge is 0.396 e. The number of amides is 1. The van der Waals surface area contributed by atoms with Crippen LogP contribution in [0.1, 0.15) is 41.4 Å². The zero-order valence-corrected chi connectivity index (χ0v) is 12.7. The summed E-state index contributed by atoms with van der Waals surface area (Å²) in [6.07, 6.45) is 3.46. The lowest BCUT2D eigenvalue weighted by molar-refractivity contribution is 0.0964. The van der Waals surface area contributed by atoms with Gasteiger partial charge in [0, 0.05) is 20.1 Å². The Morgan fingerprint density at radius 1 is 1.55 bits per heavy atom. The first-order valence-electron chi connectivity index (χ1n) is 6.91. The number of nitrogen functional groups attached to an aromatic ring is 1. The number of rotatable bonds is 3. The second-order valence-corrected chi connectivity index (χ2v) is 6.05. The minimum Gasteiger partial charge on any atom is -0.396 e. The predicted molar refractivity (Wildman–Crippen MR) is 82.1 cm³/mol. The van der Waals surface area contributed by atoms with Gasteiger partial charge in [-0.1, -0.05) is 13.3 Å². The van der Waals surface area contributed by atoms with Crippen molar-refractivity contribution in [2.45, 2.75) is 26.2 Å². The van der Waals surface area contributed by atoms with Crippen molar-refractivity contribution in [3.8, 4) is 6.07 Å². The third kappa shape index (κ3) is 2.59. The van der Waals surface area contributed by atoms with Crippen LogP contribution in [0.15, 0.2) is 0 Å². The van der Waals surface area contributed by atoms with Gasteiger partial charge in [-0.05, 0) is 18.8 Å². The molecule has 0 unspecified atom stereocenters. The van der Waals surface area contributed by atoms with Crippen LogP contribution >= 0.6 is 11.3 Å². The maximum atomic E-state index is 12.0. The Bertz CT molecular complexity index is 538. The molecule has 3 N–H and O–H groups in total. The van der Waals surface area contributed by atoms with Crippen LogP contribution in [-0.2, 0) is 0 Å². The molecule has 1 aliphatic heterocycles. The zero-order valence-electron chi connectivity index (χ0n) is 11.9. The van der Waals surface area contributed by atoms with Crippen LogP contribution in [0, 0.1) is 17.2 Å². The van der Waals surface area contributed by atoms with Crippen molar-refractivity contribution in [2.75, 3.05) is 30.8 Å². The van der Waals surface area contributed by atoms with E-state index in [4.69, 9.17) is 11.0 Å². The van der Waals surface area contributed by atoms with E-state index in [1.807, 2.05) is 0 Å². The molecule has 108 valence electrons. The van der Waals surface area contributed by atoms with E-state index in [-0.39, 0.29) is 5.91 Å². The number of piperidine rings is 1. The summed E-state index contributed by atoms with van der Waals surface area (Å²) in [7, 11) is 1.58. The molecule has 1 aromatic heterocycles. The number of carbonyl (C=O) groups is 1. The molecule has 0 bridgehead atoms. The van der Waals surface area contributed by atoms with Gasteiger partial charge in [-0.2, -0.15) is 5.26 Å². The smallest absolute Gasteiger partial charge is 0.256 e. The summed E-state index contributed by atoms with van der Waals surface area (Å²) in [4.78, 5) is 14.6. The van der Waals surface area contributed by atoms with Crippen LogP contribution in [0.2, 0.25) is 0 Å². The van der Waals surface area contributed by atoms with Crippen LogP contribution in [0.4, 0.5) is 10.7 Å². The summed E-state index contributed by atoms with van der Waals surface area (Å²) in [5, 5.41) is 12.6. The van der Waals surface area contributed by atoms with Crippen molar-refractivity contribution in [3.05, 3.63) is 10.4 Å². The molecule has 2 rings (SSSR count). The number of nitrogens with zero attached hydrogens (tertiary/aromatic N) is 2. The Morgan fingerprint density at radius 3 is 2.70 bits per heavy atom. The van der Waals surface area contributed by atoms with Gasteiger partial charge in [0.2, 0.25) is 0 Å². The maximum Gasteiger partial charge on any atom is 0.256 e. The van der Waals surface area contributed by atoms with E-state index in [0.29, 0.717) is 16.1 Å². The standard InChI is InChI=1S/C14H20N4OS/c1-3-9-4-6-18(7-5-9)14-11(13(19)17-2)12(16)10(8-15)20-14/h9H,3-7,16H2,1-2H3,(H,17,19). The van der Waals surface area contributed by atoms with Gasteiger partial charge in [-0.15, -0.1) is 11.3 Å². The number of hydrogen-bond acceptors (Lipinski definition) is 5. The van der Waals surface area contributed by atoms with Crippen LogP contribution in [0.3, 0.4) is 0 Å². The van der Waals surface area contributed by atoms with Gasteiger partial charge >= 0.3 is 0 Å². The predicted octanol–water partition coefficient (Wildman–Crippen LogP) is 2.19. The highest BCUT2D eigenvalue weighted by Crippen LogP contribution is 2.39. The summed E-state index contributed by atoms with van der Waals surface area (Å²) >= 11 is 1.32. The lowest BCUT2D eigenvalue weighted by Gasteiger charge is -2.32. The maximum absolute atomic E-state index is 12.0. The minimum atomic E-state index is -0.215. The fourth-order valence-corrected chi connectivity index (χ4v) is 3.69. The van der Waals surface area contributed by atoms with Crippen molar-refractivity contribution >= 4 is 27.9 Å². The molecular formula is C14H20N4OS. The second kappa shape index (κ2) is 6.14. The average molecular weight is 292 g/mol. The fourth-order valence-electron chi connectivity index (χ4n) is 2.63. The van der Waals surface area contributed by atoms with Gasteiger partial charge in [0.25, 0.3) is 5.91 Å². The third-order valence-corrected chi connectivity index (χ3v) is 5.13. The van der Waals surface area contributed by atoms with Crippen LogP contribution in [0.25, 0.3) is 0 Å². The Kier molecular flexibility index (Phi) is 4.50. The summed E-state index contributed by atoms with van der Waals surface area (Å²) in [5.41, 5.74) is 6.72. The Balaban J connectivity index is 2.32. The minimum absolute atomic E-state index is 0.215.